The van der Waals surface area contributed by atoms with E-state index < -0.39 is 11.6 Å². The summed E-state index contributed by atoms with van der Waals surface area (Å²) >= 11 is 0. The van der Waals surface area contributed by atoms with Crippen LogP contribution in [-0.4, -0.2) is 6.61 Å². The van der Waals surface area contributed by atoms with Gasteiger partial charge in [-0.2, -0.15) is 0 Å². The summed E-state index contributed by atoms with van der Waals surface area (Å²) < 4.78 is 30.1. The molecule has 0 heterocycles. The second-order valence-corrected chi connectivity index (χ2v) is 2.28. The van der Waals surface area contributed by atoms with Crippen LogP contribution in [0.1, 0.15) is 6.42 Å². The smallest absolute Gasteiger partial charge is 0.167 e. The molecule has 1 aromatic carbocycles. The molecule has 0 amide bonds. The first-order valence-corrected chi connectivity index (χ1v) is 3.61. The van der Waals surface area contributed by atoms with Gasteiger partial charge in [-0.15, -0.1) is 0 Å². The van der Waals surface area contributed by atoms with Gasteiger partial charge in [0, 0.05) is 6.07 Å². The Morgan fingerprint density at radius 3 is 2.67 bits per heavy atom. The summed E-state index contributed by atoms with van der Waals surface area (Å²) in [6.07, 6.45) is 0.552. The fourth-order valence-corrected chi connectivity index (χ4v) is 0.774. The normalized spacial score (nSPS) is 9.92. The molecule has 3 heteroatoms. The van der Waals surface area contributed by atoms with E-state index in [0.717, 1.165) is 12.1 Å². The van der Waals surface area contributed by atoms with E-state index in [1.807, 2.05) is 0 Å². The lowest BCUT2D eigenvalue weighted by molar-refractivity contribution is 0.306. The lowest BCUT2D eigenvalue weighted by atomic mass is 10.3. The van der Waals surface area contributed by atoms with Gasteiger partial charge in [-0.1, -0.05) is 0 Å². The van der Waals surface area contributed by atoms with E-state index in [4.69, 9.17) is 4.74 Å². The Hall–Kier alpha value is -1.12. The maximum atomic E-state index is 12.8. The number of hydrogen-bond acceptors (Lipinski definition) is 1. The van der Waals surface area contributed by atoms with Crippen molar-refractivity contribution in [1.29, 1.82) is 0 Å². The Morgan fingerprint density at radius 1 is 1.33 bits per heavy atom. The molecule has 0 N–H and O–H groups in total. The van der Waals surface area contributed by atoms with E-state index in [0.29, 0.717) is 13.0 Å². The van der Waals surface area contributed by atoms with Crippen LogP contribution in [-0.2, 0) is 0 Å². The predicted molar refractivity (Wildman–Crippen MR) is 41.8 cm³/mol. The molecule has 1 nitrogen and oxygen atoms in total. The van der Waals surface area contributed by atoms with Crippen molar-refractivity contribution in [3.63, 3.8) is 0 Å². The number of benzene rings is 1. The van der Waals surface area contributed by atoms with Crippen molar-refractivity contribution in [1.82, 2.24) is 0 Å². The van der Waals surface area contributed by atoms with Gasteiger partial charge in [0.25, 0.3) is 0 Å². The first-order valence-electron chi connectivity index (χ1n) is 3.61. The zero-order chi connectivity index (χ0) is 8.97. The van der Waals surface area contributed by atoms with Gasteiger partial charge >= 0.3 is 0 Å². The number of rotatable bonds is 3. The lowest BCUT2D eigenvalue weighted by Gasteiger charge is -2.04. The summed E-state index contributed by atoms with van der Waals surface area (Å²) in [5.41, 5.74) is 0. The molecule has 0 aliphatic carbocycles. The molecule has 0 saturated carbocycles. The third-order valence-electron chi connectivity index (χ3n) is 1.30. The van der Waals surface area contributed by atoms with Gasteiger partial charge in [0.2, 0.25) is 0 Å². The van der Waals surface area contributed by atoms with E-state index in [-0.39, 0.29) is 5.75 Å². The van der Waals surface area contributed by atoms with E-state index in [2.05, 4.69) is 6.92 Å². The third-order valence-corrected chi connectivity index (χ3v) is 1.30. The fraction of sp³-hybridized carbons (Fsp3) is 0.222. The summed E-state index contributed by atoms with van der Waals surface area (Å²) in [6, 6.07) is 3.21. The predicted octanol–water partition coefficient (Wildman–Crippen LogP) is 2.57. The Labute approximate surface area is 70.0 Å². The average molecular weight is 171 g/mol. The summed E-state index contributed by atoms with van der Waals surface area (Å²) in [4.78, 5) is 0. The number of halogens is 2. The van der Waals surface area contributed by atoms with Crippen molar-refractivity contribution in [2.75, 3.05) is 6.61 Å². The molecule has 12 heavy (non-hydrogen) atoms. The van der Waals surface area contributed by atoms with Gasteiger partial charge in [-0.25, -0.2) is 8.78 Å². The molecule has 0 aliphatic heterocycles. The maximum Gasteiger partial charge on any atom is 0.167 e. The van der Waals surface area contributed by atoms with E-state index in [9.17, 15) is 8.78 Å². The molecule has 1 radical (unpaired) electrons. The van der Waals surface area contributed by atoms with Gasteiger partial charge in [-0.05, 0) is 25.5 Å². The van der Waals surface area contributed by atoms with Gasteiger partial charge in [-0.3, -0.25) is 0 Å². The summed E-state index contributed by atoms with van der Waals surface area (Å²) in [7, 11) is 0. The van der Waals surface area contributed by atoms with E-state index in [1.54, 1.807) is 0 Å². The zero-order valence-corrected chi connectivity index (χ0v) is 6.52. The minimum atomic E-state index is -0.677. The molecule has 0 spiro atoms. The highest BCUT2D eigenvalue weighted by Gasteiger charge is 2.03. The van der Waals surface area contributed by atoms with Crippen LogP contribution in [0.5, 0.6) is 5.75 Å². The van der Waals surface area contributed by atoms with Gasteiger partial charge < -0.3 is 4.74 Å². The van der Waals surface area contributed by atoms with Crippen LogP contribution >= 0.6 is 0 Å². The standard InChI is InChI=1S/C9H9F2O/c1-2-5-12-9-4-3-7(10)6-8(9)11/h3-4,6H,1-2,5H2. The SMILES string of the molecule is [CH2]CCOc1ccc(F)cc1F. The van der Waals surface area contributed by atoms with Crippen LogP contribution in [0.3, 0.4) is 0 Å². The molecular formula is C9H9F2O. The summed E-state index contributed by atoms with van der Waals surface area (Å²) in [5.74, 6) is -1.21. The zero-order valence-electron chi connectivity index (χ0n) is 6.52. The Bertz CT molecular complexity index is 261. The third kappa shape index (κ3) is 2.19. The maximum absolute atomic E-state index is 12.8. The summed E-state index contributed by atoms with van der Waals surface area (Å²) in [5, 5.41) is 0. The quantitative estimate of drug-likeness (QED) is 0.679. The molecule has 65 valence electrons. The van der Waals surface area contributed by atoms with Crippen LogP contribution in [0, 0.1) is 18.6 Å². The largest absolute Gasteiger partial charge is 0.491 e. The van der Waals surface area contributed by atoms with Crippen LogP contribution in [0.2, 0.25) is 0 Å². The first kappa shape index (κ1) is 8.97. The van der Waals surface area contributed by atoms with E-state index >= 15 is 0 Å². The Morgan fingerprint density at radius 2 is 2.08 bits per heavy atom. The molecule has 0 aromatic heterocycles. The van der Waals surface area contributed by atoms with Crippen LogP contribution < -0.4 is 4.74 Å². The summed E-state index contributed by atoms with van der Waals surface area (Å²) in [6.45, 7) is 3.86. The molecule has 0 aliphatic rings. The molecule has 0 unspecified atom stereocenters. The molecule has 0 saturated heterocycles. The molecule has 1 aromatic rings. The minimum Gasteiger partial charge on any atom is -0.491 e. The minimum absolute atomic E-state index is 0.0695. The Balaban J connectivity index is 2.72. The monoisotopic (exact) mass is 171 g/mol. The molecule has 0 fully saturated rings. The van der Waals surface area contributed by atoms with Crippen LogP contribution in [0.15, 0.2) is 18.2 Å². The van der Waals surface area contributed by atoms with Crippen molar-refractivity contribution in [2.24, 2.45) is 0 Å². The Kier molecular flexibility index (Phi) is 3.02. The molecule has 1 rings (SSSR count). The van der Waals surface area contributed by atoms with Crippen LogP contribution in [0.4, 0.5) is 8.78 Å². The highest BCUT2D eigenvalue weighted by molar-refractivity contribution is 5.24. The molecule has 0 atom stereocenters. The van der Waals surface area contributed by atoms with Crippen molar-refractivity contribution >= 4 is 0 Å². The topological polar surface area (TPSA) is 9.23 Å². The second-order valence-electron chi connectivity index (χ2n) is 2.28. The fourth-order valence-electron chi connectivity index (χ4n) is 0.774. The van der Waals surface area contributed by atoms with Crippen molar-refractivity contribution in [3.05, 3.63) is 36.8 Å². The second kappa shape index (κ2) is 4.04. The van der Waals surface area contributed by atoms with Crippen LogP contribution in [0.25, 0.3) is 0 Å². The molecular weight excluding hydrogens is 162 g/mol. The van der Waals surface area contributed by atoms with Crippen molar-refractivity contribution in [2.45, 2.75) is 6.42 Å². The van der Waals surface area contributed by atoms with Crippen molar-refractivity contribution < 1.29 is 13.5 Å². The first-order chi connectivity index (χ1) is 5.74. The molecule has 0 bridgehead atoms. The van der Waals surface area contributed by atoms with Gasteiger partial charge in [0.1, 0.15) is 5.82 Å². The highest BCUT2D eigenvalue weighted by atomic mass is 19.1. The average Bonchev–Trinajstić information content (AvgIpc) is 2.03. The highest BCUT2D eigenvalue weighted by Crippen LogP contribution is 2.17. The van der Waals surface area contributed by atoms with Crippen molar-refractivity contribution in [3.8, 4) is 5.75 Å². The lowest BCUT2D eigenvalue weighted by Crippen LogP contribution is -1.97. The van der Waals surface area contributed by atoms with E-state index in [1.165, 1.54) is 6.07 Å². The number of ether oxygens (including phenoxy) is 1. The number of hydrogen-bond donors (Lipinski definition) is 0. The van der Waals surface area contributed by atoms with Gasteiger partial charge in [0.15, 0.2) is 11.6 Å². The van der Waals surface area contributed by atoms with Gasteiger partial charge in [0.05, 0.1) is 6.61 Å².